The molecular weight excluding hydrogens is 228 g/mol. The number of fused-ring (bicyclic) bond motifs is 5. The molecule has 0 N–H and O–H groups in total. The van der Waals surface area contributed by atoms with E-state index >= 15 is 0 Å². The summed E-state index contributed by atoms with van der Waals surface area (Å²) in [5.74, 6) is 0. The summed E-state index contributed by atoms with van der Waals surface area (Å²) < 4.78 is 0. The van der Waals surface area contributed by atoms with Crippen molar-refractivity contribution in [1.82, 2.24) is 0 Å². The highest BCUT2D eigenvalue weighted by Crippen LogP contribution is 2.83. The zero-order chi connectivity index (χ0) is 12.2. The summed E-state index contributed by atoms with van der Waals surface area (Å²) in [5.41, 5.74) is 12.0. The number of hydrogen-bond donors (Lipinski definition) is 0. The number of hydrogen-bond acceptors (Lipinski definition) is 0. The first kappa shape index (κ1) is 8.71. The van der Waals surface area contributed by atoms with Gasteiger partial charge in [0.05, 0.1) is 5.41 Å². The van der Waals surface area contributed by atoms with E-state index in [1.807, 2.05) is 0 Å². The minimum absolute atomic E-state index is 0.214. The third-order valence-corrected chi connectivity index (χ3v) is 5.07. The molecule has 0 aromatic rings. The fourth-order valence-corrected chi connectivity index (χ4v) is 4.20. The highest BCUT2D eigenvalue weighted by Gasteiger charge is 2.72. The first-order chi connectivity index (χ1) is 9.42. The molecule has 0 unspecified atom stereocenters. The molecule has 19 heavy (non-hydrogen) atoms. The Balaban J connectivity index is 1.72. The number of rotatable bonds is 0. The molecule has 0 bridgehead atoms. The summed E-state index contributed by atoms with van der Waals surface area (Å²) >= 11 is 0. The molecule has 0 aliphatic heterocycles. The average Bonchev–Trinajstić information content (AvgIpc) is 3.04. The molecule has 6 aliphatic rings. The molecule has 0 radical (unpaired) electrons. The van der Waals surface area contributed by atoms with Crippen molar-refractivity contribution in [3.8, 4) is 0 Å². The van der Waals surface area contributed by atoms with Crippen LogP contribution >= 0.6 is 0 Å². The van der Waals surface area contributed by atoms with E-state index in [-0.39, 0.29) is 5.41 Å². The molecule has 0 aromatic carbocycles. The Kier molecular flexibility index (Phi) is 1.09. The van der Waals surface area contributed by atoms with Crippen LogP contribution < -0.4 is 0 Å². The lowest BCUT2D eigenvalue weighted by Gasteiger charge is -2.00. The van der Waals surface area contributed by atoms with Crippen molar-refractivity contribution in [2.45, 2.75) is 0 Å². The van der Waals surface area contributed by atoms with Gasteiger partial charge < -0.3 is 0 Å². The third kappa shape index (κ3) is 0.721. The molecule has 86 valence electrons. The van der Waals surface area contributed by atoms with E-state index in [9.17, 15) is 0 Å². The Hall–Kier alpha value is -2.34. The Morgan fingerprint density at radius 1 is 0.579 bits per heavy atom. The van der Waals surface area contributed by atoms with Gasteiger partial charge in [0, 0.05) is 0 Å². The molecule has 0 nitrogen and oxygen atoms in total. The summed E-state index contributed by atoms with van der Waals surface area (Å²) in [6.07, 6.45) is 22.5. The lowest BCUT2D eigenvalue weighted by molar-refractivity contribution is 1.05. The fourth-order valence-electron chi connectivity index (χ4n) is 4.20. The topological polar surface area (TPSA) is 0 Å². The van der Waals surface area contributed by atoms with E-state index in [2.05, 4.69) is 60.8 Å². The standard InChI is InChI=1S/C19H10/c1-3-11-7-9-15-16-10-8-12-4-2-6-14(12)18-17(13(11)5-1)19(15,16)18/h1-10H. The van der Waals surface area contributed by atoms with Crippen molar-refractivity contribution in [1.29, 1.82) is 0 Å². The van der Waals surface area contributed by atoms with Crippen molar-refractivity contribution in [3.05, 3.63) is 105 Å². The van der Waals surface area contributed by atoms with Crippen LogP contribution in [0.25, 0.3) is 0 Å². The summed E-state index contributed by atoms with van der Waals surface area (Å²) in [6, 6.07) is 0. The molecule has 1 spiro atoms. The molecule has 6 rings (SSSR count). The lowest BCUT2D eigenvalue weighted by Crippen LogP contribution is -1.86. The minimum Gasteiger partial charge on any atom is -0.0610 e. The zero-order valence-electron chi connectivity index (χ0n) is 10.3. The van der Waals surface area contributed by atoms with Gasteiger partial charge in [-0.2, -0.15) is 0 Å². The van der Waals surface area contributed by atoms with Crippen molar-refractivity contribution in [2.75, 3.05) is 0 Å². The second kappa shape index (κ2) is 2.37. The van der Waals surface area contributed by atoms with Crippen molar-refractivity contribution < 1.29 is 0 Å². The monoisotopic (exact) mass is 238 g/mol. The van der Waals surface area contributed by atoms with E-state index in [1.165, 1.54) is 33.4 Å². The normalized spacial score (nSPS) is 28.6. The molecular formula is C19H10. The second-order valence-electron chi connectivity index (χ2n) is 5.78. The molecule has 0 saturated heterocycles. The number of allylic oxidation sites excluding steroid dienone is 18. The van der Waals surface area contributed by atoms with Crippen LogP contribution in [0, 0.1) is 5.41 Å². The first-order valence-electron chi connectivity index (χ1n) is 6.81. The van der Waals surface area contributed by atoms with Gasteiger partial charge in [0.15, 0.2) is 0 Å². The predicted octanol–water partition coefficient (Wildman–Crippen LogP) is 4.02. The molecule has 0 aromatic heterocycles. The van der Waals surface area contributed by atoms with E-state index < -0.39 is 0 Å². The average molecular weight is 238 g/mol. The molecule has 0 amide bonds. The van der Waals surface area contributed by atoms with Crippen LogP contribution in [-0.2, 0) is 0 Å². The molecule has 0 heterocycles. The largest absolute Gasteiger partial charge is 0.0726 e. The van der Waals surface area contributed by atoms with Crippen molar-refractivity contribution >= 4 is 0 Å². The van der Waals surface area contributed by atoms with Crippen LogP contribution in [0.5, 0.6) is 0 Å². The van der Waals surface area contributed by atoms with Gasteiger partial charge in [0.2, 0.25) is 0 Å². The maximum Gasteiger partial charge on any atom is 0.0726 e. The van der Waals surface area contributed by atoms with Gasteiger partial charge in [0.25, 0.3) is 0 Å². The molecule has 0 heteroatoms. The van der Waals surface area contributed by atoms with E-state index in [1.54, 1.807) is 11.1 Å². The predicted molar refractivity (Wildman–Crippen MR) is 76.2 cm³/mol. The molecule has 6 aliphatic carbocycles. The van der Waals surface area contributed by atoms with E-state index in [0.717, 1.165) is 0 Å². The van der Waals surface area contributed by atoms with Gasteiger partial charge >= 0.3 is 0 Å². The van der Waals surface area contributed by atoms with Gasteiger partial charge in [-0.1, -0.05) is 60.8 Å². The van der Waals surface area contributed by atoms with Gasteiger partial charge in [-0.05, 0) is 44.6 Å². The Morgan fingerprint density at radius 2 is 1.11 bits per heavy atom. The second-order valence-corrected chi connectivity index (χ2v) is 5.78. The smallest absolute Gasteiger partial charge is 0.0610 e. The SMILES string of the molecule is C1=CC2=CC=C3C4=CC=C5C=CC=C5C5=C(C2=C1)C345. The van der Waals surface area contributed by atoms with E-state index in [0.29, 0.717) is 0 Å². The van der Waals surface area contributed by atoms with Crippen molar-refractivity contribution in [3.63, 3.8) is 0 Å². The van der Waals surface area contributed by atoms with Crippen molar-refractivity contribution in [2.24, 2.45) is 5.41 Å². The molecule has 1 saturated carbocycles. The van der Waals surface area contributed by atoms with Gasteiger partial charge in [-0.15, -0.1) is 0 Å². The van der Waals surface area contributed by atoms with E-state index in [4.69, 9.17) is 0 Å². The fraction of sp³-hybridized carbons (Fsp3) is 0.0526. The van der Waals surface area contributed by atoms with Crippen LogP contribution in [0.4, 0.5) is 0 Å². The minimum atomic E-state index is 0.214. The zero-order valence-corrected chi connectivity index (χ0v) is 10.3. The van der Waals surface area contributed by atoms with Crippen LogP contribution in [0.15, 0.2) is 105 Å². The quantitative estimate of drug-likeness (QED) is 0.598. The highest BCUT2D eigenvalue weighted by molar-refractivity contribution is 5.98. The highest BCUT2D eigenvalue weighted by atomic mass is 14.7. The van der Waals surface area contributed by atoms with Crippen LogP contribution in [-0.4, -0.2) is 0 Å². The van der Waals surface area contributed by atoms with Crippen LogP contribution in [0.2, 0.25) is 0 Å². The van der Waals surface area contributed by atoms with Gasteiger partial charge in [-0.25, -0.2) is 0 Å². The summed E-state index contributed by atoms with van der Waals surface area (Å²) in [5, 5.41) is 0. The maximum absolute atomic E-state index is 2.33. The Bertz CT molecular complexity index is 806. The van der Waals surface area contributed by atoms with Crippen LogP contribution in [0.1, 0.15) is 0 Å². The van der Waals surface area contributed by atoms with Crippen LogP contribution in [0.3, 0.4) is 0 Å². The van der Waals surface area contributed by atoms with Gasteiger partial charge in [-0.3, -0.25) is 0 Å². The van der Waals surface area contributed by atoms with Gasteiger partial charge in [0.1, 0.15) is 0 Å². The maximum atomic E-state index is 2.33. The Labute approximate surface area is 111 Å². The lowest BCUT2D eigenvalue weighted by atomic mass is 10.0. The third-order valence-electron chi connectivity index (χ3n) is 5.07. The summed E-state index contributed by atoms with van der Waals surface area (Å²) in [6.45, 7) is 0. The summed E-state index contributed by atoms with van der Waals surface area (Å²) in [4.78, 5) is 0. The molecule has 0 atom stereocenters. The first-order valence-corrected chi connectivity index (χ1v) is 6.81. The molecule has 1 fully saturated rings. The Morgan fingerprint density at radius 3 is 1.63 bits per heavy atom. The summed E-state index contributed by atoms with van der Waals surface area (Å²) in [7, 11) is 0.